The maximum absolute atomic E-state index is 6.01. The van der Waals surface area contributed by atoms with Crippen LogP contribution in [0.3, 0.4) is 0 Å². The number of rotatable bonds is 1. The van der Waals surface area contributed by atoms with E-state index < -0.39 is 0 Å². The van der Waals surface area contributed by atoms with Crippen LogP contribution in [0, 0.1) is 13.8 Å². The smallest absolute Gasteiger partial charge is 0.154 e. The molecule has 0 amide bonds. The van der Waals surface area contributed by atoms with Crippen LogP contribution in [0.15, 0.2) is 18.2 Å². The van der Waals surface area contributed by atoms with Gasteiger partial charge in [0.15, 0.2) is 5.15 Å². The predicted molar refractivity (Wildman–Crippen MR) is 75.8 cm³/mol. The average Bonchev–Trinajstić information content (AvgIpc) is 2.45. The standard InChI is InChI=1S/C15H15ClN2O/c1-9-10(2)15(16)18-17-13(9)12-7-3-5-11-6-4-8-19-14(11)12/h3,5,7H,4,6,8H2,1-2H3. The van der Waals surface area contributed by atoms with Gasteiger partial charge in [0, 0.05) is 5.56 Å². The lowest BCUT2D eigenvalue weighted by Gasteiger charge is -2.20. The Kier molecular flexibility index (Phi) is 3.15. The van der Waals surface area contributed by atoms with Gasteiger partial charge in [0.05, 0.1) is 12.3 Å². The molecule has 1 aliphatic rings. The SMILES string of the molecule is Cc1c(Cl)nnc(-c2cccc3c2OCCC3)c1C. The molecule has 98 valence electrons. The first-order valence-corrected chi connectivity index (χ1v) is 6.80. The largest absolute Gasteiger partial charge is 0.493 e. The molecule has 0 fully saturated rings. The Morgan fingerprint density at radius 1 is 1.16 bits per heavy atom. The molecule has 0 aliphatic carbocycles. The Labute approximate surface area is 117 Å². The van der Waals surface area contributed by atoms with Crippen molar-refractivity contribution in [1.29, 1.82) is 0 Å². The Bertz CT molecular complexity index is 640. The van der Waals surface area contributed by atoms with Gasteiger partial charge in [0.1, 0.15) is 5.75 Å². The number of halogens is 1. The third-order valence-electron chi connectivity index (χ3n) is 3.65. The fraction of sp³-hybridized carbons (Fsp3) is 0.333. The van der Waals surface area contributed by atoms with Crippen LogP contribution >= 0.6 is 11.6 Å². The Balaban J connectivity index is 2.20. The molecule has 0 N–H and O–H groups in total. The van der Waals surface area contributed by atoms with Gasteiger partial charge >= 0.3 is 0 Å². The molecular formula is C15H15ClN2O. The van der Waals surface area contributed by atoms with Gasteiger partial charge in [-0.15, -0.1) is 10.2 Å². The normalized spacial score (nSPS) is 13.8. The Morgan fingerprint density at radius 2 is 2.00 bits per heavy atom. The van der Waals surface area contributed by atoms with E-state index in [0.717, 1.165) is 47.6 Å². The van der Waals surface area contributed by atoms with E-state index in [1.54, 1.807) is 0 Å². The lowest BCUT2D eigenvalue weighted by Crippen LogP contribution is -2.10. The second-order valence-electron chi connectivity index (χ2n) is 4.84. The first-order chi connectivity index (χ1) is 9.18. The Morgan fingerprint density at radius 3 is 2.84 bits per heavy atom. The molecule has 1 aliphatic heterocycles. The summed E-state index contributed by atoms with van der Waals surface area (Å²) in [5, 5.41) is 8.74. The van der Waals surface area contributed by atoms with E-state index in [-0.39, 0.29) is 0 Å². The van der Waals surface area contributed by atoms with Crippen LogP contribution < -0.4 is 4.74 Å². The van der Waals surface area contributed by atoms with Gasteiger partial charge in [-0.2, -0.15) is 0 Å². The quantitative estimate of drug-likeness (QED) is 0.795. The van der Waals surface area contributed by atoms with Gasteiger partial charge in [0.2, 0.25) is 0 Å². The van der Waals surface area contributed by atoms with Crippen molar-refractivity contribution < 1.29 is 4.74 Å². The molecule has 0 bridgehead atoms. The molecule has 0 atom stereocenters. The van der Waals surface area contributed by atoms with Crippen LogP contribution in [0.2, 0.25) is 5.15 Å². The molecule has 0 saturated carbocycles. The molecule has 19 heavy (non-hydrogen) atoms. The molecule has 0 saturated heterocycles. The summed E-state index contributed by atoms with van der Waals surface area (Å²) < 4.78 is 5.83. The summed E-state index contributed by atoms with van der Waals surface area (Å²) in [6, 6.07) is 6.20. The van der Waals surface area contributed by atoms with Crippen LogP contribution in [-0.2, 0) is 6.42 Å². The number of ether oxygens (including phenoxy) is 1. The minimum Gasteiger partial charge on any atom is -0.493 e. The van der Waals surface area contributed by atoms with Crippen molar-refractivity contribution in [3.8, 4) is 17.0 Å². The maximum Gasteiger partial charge on any atom is 0.154 e. The summed E-state index contributed by atoms with van der Waals surface area (Å²) in [5.74, 6) is 0.952. The van der Waals surface area contributed by atoms with Crippen LogP contribution in [0.4, 0.5) is 0 Å². The van der Waals surface area contributed by atoms with E-state index in [9.17, 15) is 0 Å². The van der Waals surface area contributed by atoms with Crippen molar-refractivity contribution in [2.24, 2.45) is 0 Å². The third kappa shape index (κ3) is 2.08. The molecule has 0 spiro atoms. The van der Waals surface area contributed by atoms with Gasteiger partial charge in [-0.25, -0.2) is 0 Å². The van der Waals surface area contributed by atoms with Crippen molar-refractivity contribution >= 4 is 11.6 Å². The molecule has 3 rings (SSSR count). The first kappa shape index (κ1) is 12.4. The predicted octanol–water partition coefficient (Wildman–Crippen LogP) is 3.74. The minimum atomic E-state index is 0.465. The van der Waals surface area contributed by atoms with Crippen LogP contribution in [-0.4, -0.2) is 16.8 Å². The molecular weight excluding hydrogens is 260 g/mol. The second kappa shape index (κ2) is 4.82. The van der Waals surface area contributed by atoms with Gasteiger partial charge in [-0.1, -0.05) is 23.7 Å². The molecule has 2 aromatic rings. The number of para-hydroxylation sites is 1. The fourth-order valence-corrected chi connectivity index (χ4v) is 2.59. The van der Waals surface area contributed by atoms with Crippen molar-refractivity contribution in [3.63, 3.8) is 0 Å². The molecule has 1 aromatic heterocycles. The highest BCUT2D eigenvalue weighted by Gasteiger charge is 2.19. The van der Waals surface area contributed by atoms with Crippen LogP contribution in [0.1, 0.15) is 23.1 Å². The summed E-state index contributed by atoms with van der Waals surface area (Å²) in [5.41, 5.74) is 5.16. The van der Waals surface area contributed by atoms with Crippen LogP contribution in [0.25, 0.3) is 11.3 Å². The fourth-order valence-electron chi connectivity index (χ4n) is 2.41. The van der Waals surface area contributed by atoms with E-state index in [1.165, 1.54) is 5.56 Å². The molecule has 1 aromatic carbocycles. The van der Waals surface area contributed by atoms with Crippen molar-refractivity contribution in [3.05, 3.63) is 40.0 Å². The van der Waals surface area contributed by atoms with Crippen molar-refractivity contribution in [1.82, 2.24) is 10.2 Å². The van der Waals surface area contributed by atoms with Gasteiger partial charge in [0.25, 0.3) is 0 Å². The first-order valence-electron chi connectivity index (χ1n) is 6.43. The highest BCUT2D eigenvalue weighted by Crippen LogP contribution is 2.37. The highest BCUT2D eigenvalue weighted by molar-refractivity contribution is 6.30. The van der Waals surface area contributed by atoms with E-state index in [0.29, 0.717) is 5.15 Å². The monoisotopic (exact) mass is 274 g/mol. The molecule has 0 unspecified atom stereocenters. The van der Waals surface area contributed by atoms with Gasteiger partial charge in [-0.3, -0.25) is 0 Å². The van der Waals surface area contributed by atoms with E-state index in [1.807, 2.05) is 26.0 Å². The topological polar surface area (TPSA) is 35.0 Å². The van der Waals surface area contributed by atoms with Gasteiger partial charge < -0.3 is 4.74 Å². The summed E-state index contributed by atoms with van der Waals surface area (Å²) in [7, 11) is 0. The third-order valence-corrected chi connectivity index (χ3v) is 4.01. The zero-order valence-corrected chi connectivity index (χ0v) is 11.8. The van der Waals surface area contributed by atoms with Gasteiger partial charge in [-0.05, 0) is 49.4 Å². The molecule has 0 radical (unpaired) electrons. The number of hydrogen-bond acceptors (Lipinski definition) is 3. The Hall–Kier alpha value is -1.61. The number of hydrogen-bond donors (Lipinski definition) is 0. The summed E-state index contributed by atoms with van der Waals surface area (Å²) in [6.07, 6.45) is 2.13. The average molecular weight is 275 g/mol. The second-order valence-corrected chi connectivity index (χ2v) is 5.19. The number of nitrogens with zero attached hydrogens (tertiary/aromatic N) is 2. The van der Waals surface area contributed by atoms with E-state index >= 15 is 0 Å². The van der Waals surface area contributed by atoms with E-state index in [4.69, 9.17) is 16.3 Å². The van der Waals surface area contributed by atoms with Crippen LogP contribution in [0.5, 0.6) is 5.75 Å². The number of aryl methyl sites for hydroxylation is 1. The minimum absolute atomic E-state index is 0.465. The zero-order valence-electron chi connectivity index (χ0n) is 11.0. The molecule has 4 heteroatoms. The van der Waals surface area contributed by atoms with Crippen molar-refractivity contribution in [2.45, 2.75) is 26.7 Å². The van der Waals surface area contributed by atoms with E-state index in [2.05, 4.69) is 16.3 Å². The number of aromatic nitrogens is 2. The summed E-state index contributed by atoms with van der Waals surface area (Å²) in [6.45, 7) is 4.75. The maximum atomic E-state index is 6.01. The summed E-state index contributed by atoms with van der Waals surface area (Å²) >= 11 is 6.01. The number of fused-ring (bicyclic) bond motifs is 1. The lowest BCUT2D eigenvalue weighted by atomic mass is 9.98. The highest BCUT2D eigenvalue weighted by atomic mass is 35.5. The summed E-state index contributed by atoms with van der Waals surface area (Å²) in [4.78, 5) is 0. The lowest BCUT2D eigenvalue weighted by molar-refractivity contribution is 0.289. The molecule has 2 heterocycles. The van der Waals surface area contributed by atoms with Crippen molar-refractivity contribution in [2.75, 3.05) is 6.61 Å². The number of benzene rings is 1. The molecule has 3 nitrogen and oxygen atoms in total. The zero-order chi connectivity index (χ0) is 13.4.